The fourth-order valence-electron chi connectivity index (χ4n) is 4.56. The van der Waals surface area contributed by atoms with Crippen LogP contribution in [0.15, 0.2) is 48.5 Å². The molecule has 2 aromatic rings. The SMILES string of the molecule is COc1ccccc1C(=O)NC1CCN(CCCN2C(=O)c3ccccc3C2=O)CC1OC. The number of nitrogens with one attached hydrogen (secondary N) is 1. The van der Waals surface area contributed by atoms with Crippen LogP contribution >= 0.6 is 0 Å². The van der Waals surface area contributed by atoms with Crippen molar-refractivity contribution in [2.24, 2.45) is 0 Å². The number of amides is 3. The van der Waals surface area contributed by atoms with E-state index < -0.39 is 0 Å². The Labute approximate surface area is 193 Å². The minimum absolute atomic E-state index is 0.111. The van der Waals surface area contributed by atoms with Crippen molar-refractivity contribution < 1.29 is 23.9 Å². The summed E-state index contributed by atoms with van der Waals surface area (Å²) in [5.41, 5.74) is 1.46. The maximum Gasteiger partial charge on any atom is 0.261 e. The topological polar surface area (TPSA) is 88.2 Å². The zero-order chi connectivity index (χ0) is 23.4. The summed E-state index contributed by atoms with van der Waals surface area (Å²) in [5, 5.41) is 3.09. The lowest BCUT2D eigenvalue weighted by molar-refractivity contribution is 0.00560. The van der Waals surface area contributed by atoms with Crippen molar-refractivity contribution in [1.82, 2.24) is 15.1 Å². The van der Waals surface area contributed by atoms with E-state index in [-0.39, 0.29) is 29.9 Å². The summed E-state index contributed by atoms with van der Waals surface area (Å²) in [4.78, 5) is 41.4. The number of carbonyl (C=O) groups is 3. The lowest BCUT2D eigenvalue weighted by atomic mass is 10.0. The third kappa shape index (κ3) is 4.77. The highest BCUT2D eigenvalue weighted by atomic mass is 16.5. The van der Waals surface area contributed by atoms with Crippen LogP contribution in [0.3, 0.4) is 0 Å². The molecule has 0 aromatic heterocycles. The minimum Gasteiger partial charge on any atom is -0.496 e. The van der Waals surface area contributed by atoms with Crippen LogP contribution in [0, 0.1) is 0 Å². The Morgan fingerprint density at radius 1 is 1.00 bits per heavy atom. The van der Waals surface area contributed by atoms with Crippen LogP contribution in [0.5, 0.6) is 5.75 Å². The number of rotatable bonds is 8. The van der Waals surface area contributed by atoms with Crippen molar-refractivity contribution in [3.8, 4) is 5.75 Å². The van der Waals surface area contributed by atoms with E-state index in [2.05, 4.69) is 10.2 Å². The molecular weight excluding hydrogens is 422 g/mol. The van der Waals surface area contributed by atoms with Crippen LogP contribution in [0.2, 0.25) is 0 Å². The minimum atomic E-state index is -0.219. The molecule has 2 heterocycles. The molecule has 0 radical (unpaired) electrons. The summed E-state index contributed by atoms with van der Waals surface area (Å²) < 4.78 is 11.0. The third-order valence-electron chi connectivity index (χ3n) is 6.35. The van der Waals surface area contributed by atoms with Crippen molar-refractivity contribution in [1.29, 1.82) is 0 Å². The van der Waals surface area contributed by atoms with Gasteiger partial charge in [-0.05, 0) is 43.7 Å². The number of para-hydroxylation sites is 1. The Morgan fingerprint density at radius 2 is 1.67 bits per heavy atom. The summed E-state index contributed by atoms with van der Waals surface area (Å²) >= 11 is 0. The average molecular weight is 452 g/mol. The predicted octanol–water partition coefficient (Wildman–Crippen LogP) is 2.20. The number of benzene rings is 2. The smallest absolute Gasteiger partial charge is 0.261 e. The molecule has 1 fully saturated rings. The Bertz CT molecular complexity index is 1010. The number of methoxy groups -OCH3 is 2. The average Bonchev–Trinajstić information content (AvgIpc) is 3.09. The number of fused-ring (bicyclic) bond motifs is 1. The molecule has 0 saturated carbocycles. The van der Waals surface area contributed by atoms with E-state index in [1.165, 1.54) is 4.90 Å². The number of hydrogen-bond acceptors (Lipinski definition) is 6. The first-order valence-corrected chi connectivity index (χ1v) is 11.2. The number of hydrogen-bond donors (Lipinski definition) is 1. The molecule has 3 amide bonds. The molecule has 0 aliphatic carbocycles. The fraction of sp³-hybridized carbons (Fsp3) is 0.400. The highest BCUT2D eigenvalue weighted by molar-refractivity contribution is 6.21. The zero-order valence-electron chi connectivity index (χ0n) is 19.0. The summed E-state index contributed by atoms with van der Waals surface area (Å²) in [6.45, 7) is 2.57. The van der Waals surface area contributed by atoms with E-state index in [4.69, 9.17) is 9.47 Å². The van der Waals surface area contributed by atoms with E-state index >= 15 is 0 Å². The van der Waals surface area contributed by atoms with Crippen molar-refractivity contribution in [3.05, 3.63) is 65.2 Å². The normalized spacial score (nSPS) is 20.6. The van der Waals surface area contributed by atoms with E-state index in [0.717, 1.165) is 19.5 Å². The van der Waals surface area contributed by atoms with Crippen LogP contribution in [-0.4, -0.2) is 80.1 Å². The molecule has 2 aliphatic heterocycles. The van der Waals surface area contributed by atoms with Crippen LogP contribution in [-0.2, 0) is 4.74 Å². The van der Waals surface area contributed by atoms with Gasteiger partial charge in [-0.15, -0.1) is 0 Å². The summed E-state index contributed by atoms with van der Waals surface area (Å²) in [7, 11) is 3.19. The third-order valence-corrected chi connectivity index (χ3v) is 6.35. The monoisotopic (exact) mass is 451 g/mol. The molecule has 2 unspecified atom stereocenters. The molecule has 8 heteroatoms. The van der Waals surface area contributed by atoms with E-state index in [1.807, 2.05) is 12.1 Å². The van der Waals surface area contributed by atoms with E-state index in [1.54, 1.807) is 50.6 Å². The van der Waals surface area contributed by atoms with Crippen LogP contribution < -0.4 is 10.1 Å². The van der Waals surface area contributed by atoms with E-state index in [9.17, 15) is 14.4 Å². The first-order valence-electron chi connectivity index (χ1n) is 11.2. The predicted molar refractivity (Wildman–Crippen MR) is 123 cm³/mol. The molecule has 2 atom stereocenters. The highest BCUT2D eigenvalue weighted by Crippen LogP contribution is 2.23. The fourth-order valence-corrected chi connectivity index (χ4v) is 4.56. The van der Waals surface area contributed by atoms with Gasteiger partial charge in [-0.25, -0.2) is 0 Å². The van der Waals surface area contributed by atoms with E-state index in [0.29, 0.717) is 42.0 Å². The van der Waals surface area contributed by atoms with Crippen molar-refractivity contribution >= 4 is 17.7 Å². The quantitative estimate of drug-likeness (QED) is 0.619. The Morgan fingerprint density at radius 3 is 2.33 bits per heavy atom. The van der Waals surface area contributed by atoms with Gasteiger partial charge in [0.1, 0.15) is 5.75 Å². The van der Waals surface area contributed by atoms with Gasteiger partial charge >= 0.3 is 0 Å². The maximum atomic E-state index is 12.8. The molecule has 2 aliphatic rings. The molecule has 4 rings (SSSR count). The van der Waals surface area contributed by atoms with Gasteiger partial charge in [0.15, 0.2) is 0 Å². The van der Waals surface area contributed by atoms with Gasteiger partial charge in [-0.2, -0.15) is 0 Å². The number of ether oxygens (including phenoxy) is 2. The number of carbonyl (C=O) groups excluding carboxylic acids is 3. The molecular formula is C25H29N3O5. The summed E-state index contributed by atoms with van der Waals surface area (Å²) in [6, 6.07) is 14.0. The molecule has 33 heavy (non-hydrogen) atoms. The van der Waals surface area contributed by atoms with Gasteiger partial charge in [0, 0.05) is 26.7 Å². The largest absolute Gasteiger partial charge is 0.496 e. The molecule has 1 saturated heterocycles. The molecule has 2 aromatic carbocycles. The maximum absolute atomic E-state index is 12.8. The van der Waals surface area contributed by atoms with Gasteiger partial charge in [0.25, 0.3) is 17.7 Å². The summed E-state index contributed by atoms with van der Waals surface area (Å²) in [5.74, 6) is -0.0839. The van der Waals surface area contributed by atoms with Gasteiger partial charge in [-0.3, -0.25) is 19.3 Å². The Balaban J connectivity index is 1.28. The van der Waals surface area contributed by atoms with Crippen molar-refractivity contribution in [2.45, 2.75) is 25.0 Å². The van der Waals surface area contributed by atoms with Gasteiger partial charge < -0.3 is 19.7 Å². The number of nitrogens with zero attached hydrogens (tertiary/aromatic N) is 2. The lowest BCUT2D eigenvalue weighted by Crippen LogP contribution is -2.55. The number of imide groups is 1. The highest BCUT2D eigenvalue weighted by Gasteiger charge is 2.35. The Hall–Kier alpha value is -3.23. The van der Waals surface area contributed by atoms with Crippen LogP contribution in [0.4, 0.5) is 0 Å². The number of likely N-dealkylation sites (tertiary alicyclic amines) is 1. The van der Waals surface area contributed by atoms with Crippen LogP contribution in [0.25, 0.3) is 0 Å². The molecule has 0 bridgehead atoms. The lowest BCUT2D eigenvalue weighted by Gasteiger charge is -2.38. The second-order valence-corrected chi connectivity index (χ2v) is 8.30. The Kier molecular flexibility index (Phi) is 7.05. The second kappa shape index (κ2) is 10.1. The van der Waals surface area contributed by atoms with Crippen molar-refractivity contribution in [2.75, 3.05) is 40.4 Å². The molecule has 0 spiro atoms. The van der Waals surface area contributed by atoms with Gasteiger partial charge in [0.05, 0.1) is 35.9 Å². The second-order valence-electron chi connectivity index (χ2n) is 8.30. The van der Waals surface area contributed by atoms with Gasteiger partial charge in [-0.1, -0.05) is 24.3 Å². The number of piperidine rings is 1. The molecule has 1 N–H and O–H groups in total. The van der Waals surface area contributed by atoms with Crippen molar-refractivity contribution in [3.63, 3.8) is 0 Å². The zero-order valence-corrected chi connectivity index (χ0v) is 19.0. The standard InChI is InChI=1S/C25H29N3O5/c1-32-21-11-6-5-10-19(21)23(29)26-20-12-15-27(16-22(20)33-2)13-7-14-28-24(30)17-8-3-4-9-18(17)25(28)31/h3-6,8-11,20,22H,7,12-16H2,1-2H3,(H,26,29). The van der Waals surface area contributed by atoms with Gasteiger partial charge in [0.2, 0.25) is 0 Å². The first kappa shape index (κ1) is 22.9. The molecule has 174 valence electrons. The first-order chi connectivity index (χ1) is 16.0. The molecule has 8 nitrogen and oxygen atoms in total. The summed E-state index contributed by atoms with van der Waals surface area (Å²) in [6.07, 6.45) is 1.27. The van der Waals surface area contributed by atoms with Crippen LogP contribution in [0.1, 0.15) is 43.9 Å².